The number of nitro groups is 1. The summed E-state index contributed by atoms with van der Waals surface area (Å²) in [4.78, 5) is 26.2. The first-order valence-corrected chi connectivity index (χ1v) is 6.04. The molecule has 20 heavy (non-hydrogen) atoms. The molecule has 1 atom stereocenters. The molecule has 2 aromatic rings. The number of non-ortho nitro benzene ring substituents is 1. The van der Waals surface area contributed by atoms with Crippen LogP contribution in [0.1, 0.15) is 18.5 Å². The Hall–Kier alpha value is -2.76. The Bertz CT molecular complexity index is 611. The molecule has 0 fully saturated rings. The zero-order valence-electron chi connectivity index (χ0n) is 10.8. The summed E-state index contributed by atoms with van der Waals surface area (Å²) in [6.45, 7) is 1.75. The maximum atomic E-state index is 12.0. The quantitative estimate of drug-likeness (QED) is 0.684. The summed E-state index contributed by atoms with van der Waals surface area (Å²) >= 11 is 0. The van der Waals surface area contributed by atoms with Crippen molar-refractivity contribution in [3.8, 4) is 0 Å². The summed E-state index contributed by atoms with van der Waals surface area (Å²) in [7, 11) is 0. The minimum Gasteiger partial charge on any atom is -0.326 e. The number of carbonyl (C=O) groups excluding carboxylic acids is 1. The summed E-state index contributed by atoms with van der Waals surface area (Å²) in [5.74, 6) is -0.607. The molecule has 0 aliphatic carbocycles. The SMILES string of the molecule is CC(C(=O)Nc1ccc([N+](=O)[O-])cc1)c1ccccn1. The van der Waals surface area contributed by atoms with E-state index >= 15 is 0 Å². The van der Waals surface area contributed by atoms with Gasteiger partial charge in [0.2, 0.25) is 5.91 Å². The molecule has 6 nitrogen and oxygen atoms in total. The summed E-state index contributed by atoms with van der Waals surface area (Å²) in [5, 5.41) is 13.2. The number of amides is 1. The van der Waals surface area contributed by atoms with Gasteiger partial charge in [0.1, 0.15) is 0 Å². The van der Waals surface area contributed by atoms with E-state index in [0.717, 1.165) is 0 Å². The van der Waals surface area contributed by atoms with Gasteiger partial charge >= 0.3 is 0 Å². The van der Waals surface area contributed by atoms with Crippen molar-refractivity contribution in [2.75, 3.05) is 5.32 Å². The molecule has 6 heteroatoms. The van der Waals surface area contributed by atoms with Crippen molar-refractivity contribution in [1.82, 2.24) is 4.98 Å². The summed E-state index contributed by atoms with van der Waals surface area (Å²) in [5.41, 5.74) is 1.18. The van der Waals surface area contributed by atoms with Crippen molar-refractivity contribution in [2.24, 2.45) is 0 Å². The van der Waals surface area contributed by atoms with Gasteiger partial charge < -0.3 is 5.32 Å². The van der Waals surface area contributed by atoms with Crippen LogP contribution in [0.2, 0.25) is 0 Å². The number of nitrogens with zero attached hydrogens (tertiary/aromatic N) is 2. The fourth-order valence-corrected chi connectivity index (χ4v) is 1.68. The molecule has 0 spiro atoms. The van der Waals surface area contributed by atoms with Crippen molar-refractivity contribution in [2.45, 2.75) is 12.8 Å². The predicted molar refractivity (Wildman–Crippen MR) is 74.4 cm³/mol. The van der Waals surface area contributed by atoms with Crippen LogP contribution >= 0.6 is 0 Å². The van der Waals surface area contributed by atoms with E-state index in [0.29, 0.717) is 11.4 Å². The number of pyridine rings is 1. The van der Waals surface area contributed by atoms with Crippen LogP contribution in [0.4, 0.5) is 11.4 Å². The maximum absolute atomic E-state index is 12.0. The molecular formula is C14H13N3O3. The highest BCUT2D eigenvalue weighted by Crippen LogP contribution is 2.18. The Morgan fingerprint density at radius 2 is 1.95 bits per heavy atom. The minimum absolute atomic E-state index is 0.0132. The zero-order chi connectivity index (χ0) is 14.5. The van der Waals surface area contributed by atoms with Crippen LogP contribution in [0.3, 0.4) is 0 Å². The topological polar surface area (TPSA) is 85.1 Å². The van der Waals surface area contributed by atoms with Crippen molar-refractivity contribution >= 4 is 17.3 Å². The van der Waals surface area contributed by atoms with Crippen molar-refractivity contribution < 1.29 is 9.72 Å². The lowest BCUT2D eigenvalue weighted by atomic mass is 10.1. The summed E-state index contributed by atoms with van der Waals surface area (Å²) < 4.78 is 0. The Morgan fingerprint density at radius 3 is 2.50 bits per heavy atom. The third kappa shape index (κ3) is 3.17. The highest BCUT2D eigenvalue weighted by atomic mass is 16.6. The molecule has 0 radical (unpaired) electrons. The van der Waals surface area contributed by atoms with Crippen LogP contribution < -0.4 is 5.32 Å². The number of benzene rings is 1. The standard InChI is InChI=1S/C14H13N3O3/c1-10(13-4-2-3-9-15-13)14(18)16-11-5-7-12(8-6-11)17(19)20/h2-10H,1H3,(H,16,18). The first-order chi connectivity index (χ1) is 9.58. The van der Waals surface area contributed by atoms with Crippen LogP contribution in [-0.2, 0) is 4.79 Å². The van der Waals surface area contributed by atoms with Crippen molar-refractivity contribution in [3.05, 3.63) is 64.5 Å². The minimum atomic E-state index is -0.484. The Kier molecular flexibility index (Phi) is 4.05. The number of hydrogen-bond donors (Lipinski definition) is 1. The van der Waals surface area contributed by atoms with Gasteiger partial charge in [-0.1, -0.05) is 6.07 Å². The maximum Gasteiger partial charge on any atom is 0.269 e. The smallest absolute Gasteiger partial charge is 0.269 e. The van der Waals surface area contributed by atoms with Gasteiger partial charge in [0, 0.05) is 24.0 Å². The number of aromatic nitrogens is 1. The molecule has 2 rings (SSSR count). The second-order valence-corrected chi connectivity index (χ2v) is 4.27. The average molecular weight is 271 g/mol. The van der Waals surface area contributed by atoms with E-state index in [2.05, 4.69) is 10.3 Å². The van der Waals surface area contributed by atoms with Crippen molar-refractivity contribution in [3.63, 3.8) is 0 Å². The largest absolute Gasteiger partial charge is 0.326 e. The Morgan fingerprint density at radius 1 is 1.25 bits per heavy atom. The molecule has 102 valence electrons. The van der Waals surface area contributed by atoms with Gasteiger partial charge in [-0.15, -0.1) is 0 Å². The third-order valence-corrected chi connectivity index (χ3v) is 2.87. The predicted octanol–water partition coefficient (Wildman–Crippen LogP) is 2.73. The van der Waals surface area contributed by atoms with Crippen LogP contribution in [0.25, 0.3) is 0 Å². The van der Waals surface area contributed by atoms with Crippen molar-refractivity contribution in [1.29, 1.82) is 0 Å². The van der Waals surface area contributed by atoms with E-state index in [4.69, 9.17) is 0 Å². The number of hydrogen-bond acceptors (Lipinski definition) is 4. The molecule has 1 aromatic heterocycles. The fraction of sp³-hybridized carbons (Fsp3) is 0.143. The molecule has 0 saturated heterocycles. The second-order valence-electron chi connectivity index (χ2n) is 4.27. The average Bonchev–Trinajstić information content (AvgIpc) is 2.48. The van der Waals surface area contributed by atoms with E-state index in [9.17, 15) is 14.9 Å². The fourth-order valence-electron chi connectivity index (χ4n) is 1.68. The highest BCUT2D eigenvalue weighted by Gasteiger charge is 2.16. The van der Waals surface area contributed by atoms with Crippen LogP contribution in [0.5, 0.6) is 0 Å². The van der Waals surface area contributed by atoms with Gasteiger partial charge in [0.25, 0.3) is 5.69 Å². The van der Waals surface area contributed by atoms with E-state index < -0.39 is 10.8 Å². The third-order valence-electron chi connectivity index (χ3n) is 2.87. The summed E-state index contributed by atoms with van der Waals surface area (Å²) in [6, 6.07) is 11.1. The number of nitrogens with one attached hydrogen (secondary N) is 1. The molecule has 0 aliphatic heterocycles. The number of anilines is 1. The zero-order valence-corrected chi connectivity index (χ0v) is 10.8. The van der Waals surface area contributed by atoms with Crippen LogP contribution in [0, 0.1) is 10.1 Å². The van der Waals surface area contributed by atoms with Gasteiger partial charge in [0.05, 0.1) is 16.5 Å². The van der Waals surface area contributed by atoms with E-state index in [1.165, 1.54) is 24.3 Å². The van der Waals surface area contributed by atoms with E-state index in [1.54, 1.807) is 25.3 Å². The lowest BCUT2D eigenvalue weighted by Gasteiger charge is -2.11. The van der Waals surface area contributed by atoms with Crippen LogP contribution in [0.15, 0.2) is 48.7 Å². The molecule has 0 aliphatic rings. The van der Waals surface area contributed by atoms with E-state index in [-0.39, 0.29) is 11.6 Å². The van der Waals surface area contributed by atoms with E-state index in [1.807, 2.05) is 6.07 Å². The van der Waals surface area contributed by atoms with Gasteiger partial charge in [-0.25, -0.2) is 0 Å². The van der Waals surface area contributed by atoms with Gasteiger partial charge in [-0.05, 0) is 31.2 Å². The summed E-state index contributed by atoms with van der Waals surface area (Å²) in [6.07, 6.45) is 1.63. The molecule has 1 amide bonds. The molecule has 0 saturated carbocycles. The monoisotopic (exact) mass is 271 g/mol. The molecular weight excluding hydrogens is 258 g/mol. The molecule has 1 N–H and O–H groups in total. The molecule has 1 heterocycles. The normalized spacial score (nSPS) is 11.7. The highest BCUT2D eigenvalue weighted by molar-refractivity contribution is 5.95. The first kappa shape index (κ1) is 13.7. The second kappa shape index (κ2) is 5.92. The lowest BCUT2D eigenvalue weighted by molar-refractivity contribution is -0.384. The number of rotatable bonds is 4. The molecule has 1 unspecified atom stereocenters. The Labute approximate surface area is 115 Å². The first-order valence-electron chi connectivity index (χ1n) is 6.04. The van der Waals surface area contributed by atoms with Gasteiger partial charge in [-0.2, -0.15) is 0 Å². The Balaban J connectivity index is 2.06. The van der Waals surface area contributed by atoms with Gasteiger partial charge in [-0.3, -0.25) is 19.9 Å². The number of carbonyl (C=O) groups is 1. The lowest BCUT2D eigenvalue weighted by Crippen LogP contribution is -2.19. The molecule has 1 aromatic carbocycles. The number of nitro benzene ring substituents is 1. The van der Waals surface area contributed by atoms with Gasteiger partial charge in [0.15, 0.2) is 0 Å². The van der Waals surface area contributed by atoms with Crippen LogP contribution in [-0.4, -0.2) is 15.8 Å². The molecule has 0 bridgehead atoms.